The SMILES string of the molecule is Cc1c(C)c(=O)n(CCSc2ccccc2)[nH]c1=O. The highest BCUT2D eigenvalue weighted by Gasteiger charge is 2.06. The molecular weight excluding hydrogens is 260 g/mol. The Balaban J connectivity index is 2.09. The minimum Gasteiger partial charge on any atom is -0.268 e. The summed E-state index contributed by atoms with van der Waals surface area (Å²) in [5.74, 6) is 0.738. The molecule has 0 radical (unpaired) electrons. The number of benzene rings is 1. The van der Waals surface area contributed by atoms with Crippen LogP contribution in [0, 0.1) is 13.8 Å². The zero-order chi connectivity index (χ0) is 13.8. The first kappa shape index (κ1) is 13.7. The minimum atomic E-state index is -0.193. The van der Waals surface area contributed by atoms with Crippen molar-refractivity contribution in [2.75, 3.05) is 5.75 Å². The van der Waals surface area contributed by atoms with Gasteiger partial charge in [-0.25, -0.2) is 4.68 Å². The van der Waals surface area contributed by atoms with Crippen LogP contribution >= 0.6 is 11.8 Å². The van der Waals surface area contributed by atoms with Gasteiger partial charge >= 0.3 is 0 Å². The van der Waals surface area contributed by atoms with Crippen LogP contribution in [0.3, 0.4) is 0 Å². The Morgan fingerprint density at radius 2 is 1.79 bits per heavy atom. The molecule has 0 saturated carbocycles. The van der Waals surface area contributed by atoms with Crippen molar-refractivity contribution in [3.8, 4) is 0 Å². The van der Waals surface area contributed by atoms with E-state index in [0.29, 0.717) is 17.7 Å². The smallest absolute Gasteiger partial charge is 0.268 e. The van der Waals surface area contributed by atoms with Crippen molar-refractivity contribution < 1.29 is 0 Å². The molecule has 0 bridgehead atoms. The summed E-state index contributed by atoms with van der Waals surface area (Å²) in [6.07, 6.45) is 0. The van der Waals surface area contributed by atoms with Crippen LogP contribution in [-0.2, 0) is 6.54 Å². The highest BCUT2D eigenvalue weighted by atomic mass is 32.2. The molecule has 0 spiro atoms. The Hall–Kier alpha value is -1.75. The second-order valence-corrected chi connectivity index (χ2v) is 5.48. The molecule has 0 atom stereocenters. The van der Waals surface area contributed by atoms with Crippen molar-refractivity contribution >= 4 is 11.8 Å². The van der Waals surface area contributed by atoms with Crippen molar-refractivity contribution in [2.45, 2.75) is 25.3 Å². The lowest BCUT2D eigenvalue weighted by Crippen LogP contribution is -2.33. The van der Waals surface area contributed by atoms with Gasteiger partial charge in [0.1, 0.15) is 0 Å². The summed E-state index contributed by atoms with van der Waals surface area (Å²) >= 11 is 1.66. The van der Waals surface area contributed by atoms with Gasteiger partial charge in [-0.05, 0) is 26.0 Å². The summed E-state index contributed by atoms with van der Waals surface area (Å²) in [4.78, 5) is 24.7. The van der Waals surface area contributed by atoms with E-state index in [2.05, 4.69) is 5.10 Å². The molecule has 1 aromatic heterocycles. The van der Waals surface area contributed by atoms with Gasteiger partial charge in [-0.1, -0.05) is 18.2 Å². The van der Waals surface area contributed by atoms with Gasteiger partial charge in [0.15, 0.2) is 0 Å². The third-order valence-electron chi connectivity index (χ3n) is 3.03. The first-order valence-electron chi connectivity index (χ1n) is 6.08. The van der Waals surface area contributed by atoms with E-state index in [4.69, 9.17) is 0 Å². The Morgan fingerprint density at radius 1 is 1.11 bits per heavy atom. The molecule has 1 heterocycles. The number of nitrogens with one attached hydrogen (secondary N) is 1. The molecule has 2 rings (SSSR count). The van der Waals surface area contributed by atoms with Gasteiger partial charge in [0.05, 0.1) is 6.54 Å². The molecule has 0 saturated heterocycles. The molecule has 0 unspecified atom stereocenters. The normalized spacial score (nSPS) is 10.6. The summed E-state index contributed by atoms with van der Waals surface area (Å²) in [6.45, 7) is 3.85. The molecule has 1 aromatic carbocycles. The number of thioether (sulfide) groups is 1. The molecule has 4 nitrogen and oxygen atoms in total. The highest BCUT2D eigenvalue weighted by molar-refractivity contribution is 7.99. The van der Waals surface area contributed by atoms with E-state index >= 15 is 0 Å². The quantitative estimate of drug-likeness (QED) is 0.868. The number of aromatic nitrogens is 2. The maximum absolute atomic E-state index is 12.0. The number of H-pyrrole nitrogens is 1. The lowest BCUT2D eigenvalue weighted by molar-refractivity contribution is 0.602. The van der Waals surface area contributed by atoms with E-state index < -0.39 is 0 Å². The fourth-order valence-electron chi connectivity index (χ4n) is 1.72. The lowest BCUT2D eigenvalue weighted by atomic mass is 10.2. The van der Waals surface area contributed by atoms with Crippen LogP contribution < -0.4 is 11.1 Å². The van der Waals surface area contributed by atoms with E-state index in [1.54, 1.807) is 25.6 Å². The zero-order valence-electron chi connectivity index (χ0n) is 11.0. The maximum atomic E-state index is 12.0. The maximum Gasteiger partial charge on any atom is 0.268 e. The molecule has 19 heavy (non-hydrogen) atoms. The van der Waals surface area contributed by atoms with Gasteiger partial charge in [-0.2, -0.15) is 0 Å². The van der Waals surface area contributed by atoms with E-state index in [9.17, 15) is 9.59 Å². The zero-order valence-corrected chi connectivity index (χ0v) is 11.8. The number of nitrogens with zero attached hydrogens (tertiary/aromatic N) is 1. The molecule has 0 aliphatic carbocycles. The monoisotopic (exact) mass is 276 g/mol. The van der Waals surface area contributed by atoms with Gasteiger partial charge in [0.2, 0.25) is 0 Å². The Kier molecular flexibility index (Phi) is 4.27. The summed E-state index contributed by atoms with van der Waals surface area (Å²) in [6, 6.07) is 9.97. The fraction of sp³-hybridized carbons (Fsp3) is 0.286. The third kappa shape index (κ3) is 3.17. The molecule has 0 amide bonds. The number of aryl methyl sites for hydroxylation is 1. The predicted molar refractivity (Wildman–Crippen MR) is 78.0 cm³/mol. The highest BCUT2D eigenvalue weighted by Crippen LogP contribution is 2.16. The van der Waals surface area contributed by atoms with Gasteiger partial charge in [0.25, 0.3) is 11.1 Å². The van der Waals surface area contributed by atoms with Gasteiger partial charge < -0.3 is 0 Å². The molecule has 0 fully saturated rings. The average molecular weight is 276 g/mol. The average Bonchev–Trinajstić information content (AvgIpc) is 2.43. The summed E-state index contributed by atoms with van der Waals surface area (Å²) < 4.78 is 1.39. The first-order valence-corrected chi connectivity index (χ1v) is 7.06. The summed E-state index contributed by atoms with van der Waals surface area (Å²) in [5.41, 5.74) is 0.706. The van der Waals surface area contributed by atoms with E-state index in [1.165, 1.54) is 4.68 Å². The van der Waals surface area contributed by atoms with Crippen LogP contribution in [0.1, 0.15) is 11.1 Å². The van der Waals surface area contributed by atoms with Crippen LogP contribution in [-0.4, -0.2) is 15.5 Å². The second kappa shape index (κ2) is 5.93. The minimum absolute atomic E-state index is 0.120. The predicted octanol–water partition coefficient (Wildman–Crippen LogP) is 1.95. The van der Waals surface area contributed by atoms with Crippen molar-refractivity contribution in [2.24, 2.45) is 0 Å². The second-order valence-electron chi connectivity index (χ2n) is 4.31. The van der Waals surface area contributed by atoms with Crippen LogP contribution in [0.2, 0.25) is 0 Å². The molecule has 0 aliphatic rings. The van der Waals surface area contributed by atoms with E-state index in [0.717, 1.165) is 10.6 Å². The Labute approximate surface area is 115 Å². The van der Waals surface area contributed by atoms with Crippen molar-refractivity contribution in [3.05, 3.63) is 62.2 Å². The van der Waals surface area contributed by atoms with Gasteiger partial charge in [-0.3, -0.25) is 14.7 Å². The molecule has 2 aromatic rings. The fourth-order valence-corrected chi connectivity index (χ4v) is 2.58. The van der Waals surface area contributed by atoms with Crippen LogP contribution in [0.4, 0.5) is 0 Å². The topological polar surface area (TPSA) is 54.9 Å². The Morgan fingerprint density at radius 3 is 2.47 bits per heavy atom. The van der Waals surface area contributed by atoms with Crippen molar-refractivity contribution in [1.29, 1.82) is 0 Å². The molecular formula is C14H16N2O2S. The van der Waals surface area contributed by atoms with Crippen molar-refractivity contribution in [1.82, 2.24) is 9.78 Å². The number of hydrogen-bond acceptors (Lipinski definition) is 3. The lowest BCUT2D eigenvalue weighted by Gasteiger charge is -2.07. The first-order chi connectivity index (χ1) is 9.09. The van der Waals surface area contributed by atoms with Crippen LogP contribution in [0.25, 0.3) is 0 Å². The van der Waals surface area contributed by atoms with E-state index in [-0.39, 0.29) is 11.1 Å². The summed E-state index contributed by atoms with van der Waals surface area (Å²) in [5, 5.41) is 2.61. The summed E-state index contributed by atoms with van der Waals surface area (Å²) in [7, 11) is 0. The number of aromatic amines is 1. The van der Waals surface area contributed by atoms with Crippen LogP contribution in [0.5, 0.6) is 0 Å². The van der Waals surface area contributed by atoms with Gasteiger partial charge in [0, 0.05) is 21.8 Å². The number of rotatable bonds is 4. The molecule has 100 valence electrons. The van der Waals surface area contributed by atoms with E-state index in [1.807, 2.05) is 30.3 Å². The van der Waals surface area contributed by atoms with Gasteiger partial charge in [-0.15, -0.1) is 11.8 Å². The number of hydrogen-bond donors (Lipinski definition) is 1. The molecule has 5 heteroatoms. The Bertz CT molecular complexity index is 674. The van der Waals surface area contributed by atoms with Crippen LogP contribution in [0.15, 0.2) is 44.8 Å². The standard InChI is InChI=1S/C14H16N2O2S/c1-10-11(2)14(18)16(15-13(10)17)8-9-19-12-6-4-3-5-7-12/h3-7H,8-9H2,1-2H3,(H,15,17). The largest absolute Gasteiger partial charge is 0.268 e. The molecule has 1 N–H and O–H groups in total. The van der Waals surface area contributed by atoms with Crippen molar-refractivity contribution in [3.63, 3.8) is 0 Å². The molecule has 0 aliphatic heterocycles. The third-order valence-corrected chi connectivity index (χ3v) is 4.02.